The number of amides is 1. The number of esters is 1. The second kappa shape index (κ2) is 8.61. The van der Waals surface area contributed by atoms with Crippen LogP contribution < -0.4 is 4.90 Å². The molecule has 0 aliphatic heterocycles. The normalized spacial score (nSPS) is 13.5. The lowest BCUT2D eigenvalue weighted by Crippen LogP contribution is -2.50. The summed E-state index contributed by atoms with van der Waals surface area (Å²) in [5.74, 6) is -2.37. The molecule has 0 aliphatic carbocycles. The van der Waals surface area contributed by atoms with E-state index in [1.165, 1.54) is 32.2 Å². The van der Waals surface area contributed by atoms with Crippen molar-refractivity contribution in [3.05, 3.63) is 63.6 Å². The number of hydrogen-bond donors (Lipinski definition) is 1. The van der Waals surface area contributed by atoms with Crippen molar-refractivity contribution in [1.29, 1.82) is 0 Å². The maximum atomic E-state index is 13.4. The third-order valence-corrected chi connectivity index (χ3v) is 4.67. The molecule has 5 nitrogen and oxygen atoms in total. The summed E-state index contributed by atoms with van der Waals surface area (Å²) < 4.78 is 44.6. The first-order valence-electron chi connectivity index (χ1n) is 8.23. The monoisotopic (exact) mass is 449 g/mol. The lowest BCUT2D eigenvalue weighted by atomic mass is 9.93. The highest BCUT2D eigenvalue weighted by atomic mass is 35.5. The van der Waals surface area contributed by atoms with Gasteiger partial charge in [0.15, 0.2) is 0 Å². The maximum absolute atomic E-state index is 13.4. The summed E-state index contributed by atoms with van der Waals surface area (Å²) in [4.78, 5) is 25.6. The molecule has 0 spiro atoms. The molecule has 1 atom stereocenters. The van der Waals surface area contributed by atoms with Crippen LogP contribution in [0.3, 0.4) is 0 Å². The molecule has 0 saturated heterocycles. The fraction of sp³-hybridized carbons (Fsp3) is 0.263. The van der Waals surface area contributed by atoms with Gasteiger partial charge < -0.3 is 14.7 Å². The second-order valence-electron chi connectivity index (χ2n) is 5.96. The number of rotatable bonds is 5. The third-order valence-electron chi connectivity index (χ3n) is 4.12. The molecular formula is C19H16Cl2F3NO4. The van der Waals surface area contributed by atoms with Crippen molar-refractivity contribution in [2.45, 2.75) is 18.7 Å². The minimum Gasteiger partial charge on any atom is -0.463 e. The predicted molar refractivity (Wildman–Crippen MR) is 102 cm³/mol. The first-order chi connectivity index (χ1) is 13.4. The van der Waals surface area contributed by atoms with E-state index >= 15 is 0 Å². The largest absolute Gasteiger partial charge is 0.463 e. The topological polar surface area (TPSA) is 66.8 Å². The molecule has 1 N–H and O–H groups in total. The van der Waals surface area contributed by atoms with Crippen LogP contribution in [0.5, 0.6) is 0 Å². The van der Waals surface area contributed by atoms with Gasteiger partial charge in [0.05, 0.1) is 17.2 Å². The second-order valence-corrected chi connectivity index (χ2v) is 6.81. The molecule has 29 heavy (non-hydrogen) atoms. The Morgan fingerprint density at radius 1 is 1.10 bits per heavy atom. The fourth-order valence-electron chi connectivity index (χ4n) is 2.52. The Morgan fingerprint density at radius 2 is 1.69 bits per heavy atom. The number of benzene rings is 2. The predicted octanol–water partition coefficient (Wildman–Crippen LogP) is 4.58. The molecule has 0 radical (unpaired) electrons. The van der Waals surface area contributed by atoms with E-state index in [-0.39, 0.29) is 22.9 Å². The van der Waals surface area contributed by atoms with E-state index in [0.29, 0.717) is 5.02 Å². The molecule has 1 unspecified atom stereocenters. The van der Waals surface area contributed by atoms with Crippen LogP contribution in [-0.2, 0) is 15.1 Å². The lowest BCUT2D eigenvalue weighted by molar-refractivity contribution is -0.267. The van der Waals surface area contributed by atoms with Crippen molar-refractivity contribution >= 4 is 40.8 Å². The molecule has 1 amide bonds. The fourth-order valence-corrected chi connectivity index (χ4v) is 3.01. The van der Waals surface area contributed by atoms with Gasteiger partial charge in [0.2, 0.25) is 0 Å². The van der Waals surface area contributed by atoms with Gasteiger partial charge in [-0.25, -0.2) is 4.79 Å². The van der Waals surface area contributed by atoms with Gasteiger partial charge in [0.25, 0.3) is 11.5 Å². The quantitative estimate of drug-likeness (QED) is 0.678. The van der Waals surface area contributed by atoms with E-state index in [1.54, 1.807) is 0 Å². The molecular weight excluding hydrogens is 434 g/mol. The molecule has 2 aromatic carbocycles. The van der Waals surface area contributed by atoms with E-state index < -0.39 is 29.2 Å². The van der Waals surface area contributed by atoms with Gasteiger partial charge in [-0.15, -0.1) is 0 Å². The first-order valence-corrected chi connectivity index (χ1v) is 8.99. The summed E-state index contributed by atoms with van der Waals surface area (Å²) in [5.41, 5.74) is -4.22. The van der Waals surface area contributed by atoms with Crippen molar-refractivity contribution in [2.24, 2.45) is 0 Å². The van der Waals surface area contributed by atoms with E-state index in [0.717, 1.165) is 29.2 Å². The zero-order chi connectivity index (χ0) is 22.0. The number of aliphatic hydroxyl groups is 1. The van der Waals surface area contributed by atoms with E-state index in [2.05, 4.69) is 4.74 Å². The van der Waals surface area contributed by atoms with E-state index in [1.807, 2.05) is 0 Å². The number of carbonyl (C=O) groups is 2. The molecule has 0 aromatic heterocycles. The third kappa shape index (κ3) is 4.49. The summed E-state index contributed by atoms with van der Waals surface area (Å²) in [7, 11) is 1.39. The molecule has 2 aromatic rings. The van der Waals surface area contributed by atoms with Gasteiger partial charge in [-0.1, -0.05) is 35.3 Å². The molecule has 0 heterocycles. The zero-order valence-corrected chi connectivity index (χ0v) is 16.8. The van der Waals surface area contributed by atoms with Gasteiger partial charge in [0, 0.05) is 23.3 Å². The Bertz CT molecular complexity index is 919. The van der Waals surface area contributed by atoms with Crippen molar-refractivity contribution in [1.82, 2.24) is 0 Å². The average Bonchev–Trinajstić information content (AvgIpc) is 2.65. The standard InChI is InChI=1S/C19H16Cl2F3NO4/c1-3-29-17(27)18(28,19(22,23)24)11-4-7-13(8-5-11)25(2)16(26)14-9-6-12(20)10-15(14)21/h4-10,28H,3H2,1-2H3. The molecule has 0 fully saturated rings. The Morgan fingerprint density at radius 3 is 2.17 bits per heavy atom. The van der Waals surface area contributed by atoms with Gasteiger partial charge in [-0.2, -0.15) is 13.2 Å². The number of carbonyl (C=O) groups excluding carboxylic acids is 2. The Kier molecular flexibility index (Phi) is 6.82. The number of ether oxygens (including phenoxy) is 1. The average molecular weight is 450 g/mol. The smallest absolute Gasteiger partial charge is 0.432 e. The number of hydrogen-bond acceptors (Lipinski definition) is 4. The first kappa shape index (κ1) is 23.0. The molecule has 2 rings (SSSR count). The highest BCUT2D eigenvalue weighted by molar-refractivity contribution is 6.37. The number of alkyl halides is 3. The SMILES string of the molecule is CCOC(=O)C(O)(c1ccc(N(C)C(=O)c2ccc(Cl)cc2Cl)cc1)C(F)(F)F. The van der Waals surface area contributed by atoms with E-state index in [4.69, 9.17) is 23.2 Å². The summed E-state index contributed by atoms with van der Waals surface area (Å²) in [5, 5.41) is 10.5. The molecule has 0 bridgehead atoms. The van der Waals surface area contributed by atoms with Crippen LogP contribution in [0, 0.1) is 0 Å². The highest BCUT2D eigenvalue weighted by Crippen LogP contribution is 2.40. The number of halogens is 5. The van der Waals surface area contributed by atoms with Crippen LogP contribution in [0.15, 0.2) is 42.5 Å². The van der Waals surface area contributed by atoms with Crippen molar-refractivity contribution in [3.63, 3.8) is 0 Å². The van der Waals surface area contributed by atoms with Crippen LogP contribution in [0.1, 0.15) is 22.8 Å². The summed E-state index contributed by atoms with van der Waals surface area (Å²) in [6.07, 6.45) is -5.31. The van der Waals surface area contributed by atoms with Gasteiger partial charge in [0.1, 0.15) is 0 Å². The highest BCUT2D eigenvalue weighted by Gasteiger charge is 2.62. The zero-order valence-electron chi connectivity index (χ0n) is 15.3. The van der Waals surface area contributed by atoms with Crippen molar-refractivity contribution in [3.8, 4) is 0 Å². The molecule has 0 saturated carbocycles. The van der Waals surface area contributed by atoms with Gasteiger partial charge >= 0.3 is 12.1 Å². The van der Waals surface area contributed by atoms with Crippen LogP contribution in [0.4, 0.5) is 18.9 Å². The van der Waals surface area contributed by atoms with Crippen molar-refractivity contribution < 1.29 is 32.6 Å². The summed E-state index contributed by atoms with van der Waals surface area (Å²) in [6, 6.07) is 8.39. The lowest BCUT2D eigenvalue weighted by Gasteiger charge is -2.29. The summed E-state index contributed by atoms with van der Waals surface area (Å²) in [6.45, 7) is 0.981. The Balaban J connectivity index is 2.37. The number of nitrogens with zero attached hydrogens (tertiary/aromatic N) is 1. The summed E-state index contributed by atoms with van der Waals surface area (Å²) >= 11 is 11.8. The molecule has 156 valence electrons. The van der Waals surface area contributed by atoms with Crippen LogP contribution in [-0.4, -0.2) is 36.8 Å². The van der Waals surface area contributed by atoms with Crippen LogP contribution in [0.2, 0.25) is 10.0 Å². The minimum absolute atomic E-state index is 0.111. The maximum Gasteiger partial charge on any atom is 0.432 e. The van der Waals surface area contributed by atoms with Gasteiger partial charge in [-0.3, -0.25) is 4.79 Å². The van der Waals surface area contributed by atoms with Crippen LogP contribution in [0.25, 0.3) is 0 Å². The Hall–Kier alpha value is -2.29. The van der Waals surface area contributed by atoms with Crippen molar-refractivity contribution in [2.75, 3.05) is 18.6 Å². The number of anilines is 1. The minimum atomic E-state index is -5.31. The molecule has 10 heteroatoms. The van der Waals surface area contributed by atoms with Gasteiger partial charge in [-0.05, 0) is 37.3 Å². The van der Waals surface area contributed by atoms with E-state index in [9.17, 15) is 27.9 Å². The van der Waals surface area contributed by atoms with Crippen LogP contribution >= 0.6 is 23.2 Å². The Labute approximate surface area is 174 Å². The molecule has 0 aliphatic rings.